The highest BCUT2D eigenvalue weighted by Crippen LogP contribution is 2.34. The molecule has 102 valence electrons. The molecule has 1 aromatic heterocycles. The summed E-state index contributed by atoms with van der Waals surface area (Å²) < 4.78 is 13.0. The molecule has 1 saturated heterocycles. The molecule has 0 unspecified atom stereocenters. The second-order valence-corrected chi connectivity index (χ2v) is 5.44. The lowest BCUT2D eigenvalue weighted by Crippen LogP contribution is -2.33. The normalized spacial score (nSPS) is 23.2. The van der Waals surface area contributed by atoms with Gasteiger partial charge in [-0.1, -0.05) is 0 Å². The smallest absolute Gasteiger partial charge is 0.176 e. The molecule has 0 aliphatic carbocycles. The van der Waals surface area contributed by atoms with Crippen LogP contribution in [0.5, 0.6) is 0 Å². The minimum atomic E-state index is -0.0606. The molecule has 1 fully saturated rings. The topological polar surface area (TPSA) is 49.2 Å². The maximum Gasteiger partial charge on any atom is 0.176 e. The molecule has 1 aromatic rings. The van der Waals surface area contributed by atoms with Crippen LogP contribution in [0.25, 0.3) is 0 Å². The minimum absolute atomic E-state index is 0.0606. The van der Waals surface area contributed by atoms with Gasteiger partial charge in [-0.2, -0.15) is 5.10 Å². The molecule has 5 nitrogen and oxygen atoms in total. The van der Waals surface area contributed by atoms with Gasteiger partial charge < -0.3 is 9.47 Å². The second-order valence-electron chi connectivity index (χ2n) is 5.44. The molecule has 0 amide bonds. The summed E-state index contributed by atoms with van der Waals surface area (Å²) in [7, 11) is 1.96. The van der Waals surface area contributed by atoms with Gasteiger partial charge in [-0.25, -0.2) is 4.98 Å². The maximum atomic E-state index is 5.75. The Kier molecular flexibility index (Phi) is 4.02. The van der Waals surface area contributed by atoms with E-state index in [1.54, 1.807) is 0 Å². The molecular formula is C13H23N3O2. The predicted molar refractivity (Wildman–Crippen MR) is 68.3 cm³/mol. The summed E-state index contributed by atoms with van der Waals surface area (Å²) >= 11 is 0. The third-order valence-corrected chi connectivity index (χ3v) is 3.34. The van der Waals surface area contributed by atoms with E-state index in [2.05, 4.69) is 23.9 Å². The van der Waals surface area contributed by atoms with Gasteiger partial charge in [0.1, 0.15) is 12.4 Å². The molecule has 1 aliphatic heterocycles. The van der Waals surface area contributed by atoms with Crippen molar-refractivity contribution in [2.75, 3.05) is 13.2 Å². The van der Waals surface area contributed by atoms with Crippen molar-refractivity contribution in [2.45, 2.75) is 51.7 Å². The number of ether oxygens (including phenoxy) is 2. The Morgan fingerprint density at radius 3 is 2.94 bits per heavy atom. The number of aryl methyl sites for hydroxylation is 1. The Balaban J connectivity index is 2.10. The zero-order chi connectivity index (χ0) is 13.2. The van der Waals surface area contributed by atoms with Crippen molar-refractivity contribution in [1.82, 2.24) is 14.8 Å². The zero-order valence-electron chi connectivity index (χ0n) is 11.8. The van der Waals surface area contributed by atoms with Crippen molar-refractivity contribution in [3.63, 3.8) is 0 Å². The summed E-state index contributed by atoms with van der Waals surface area (Å²) in [5.41, 5.74) is -0.0606. The van der Waals surface area contributed by atoms with Crippen molar-refractivity contribution < 1.29 is 9.47 Å². The molecule has 2 heterocycles. The van der Waals surface area contributed by atoms with Gasteiger partial charge in [0.25, 0.3) is 0 Å². The van der Waals surface area contributed by atoms with E-state index >= 15 is 0 Å². The first-order chi connectivity index (χ1) is 8.52. The third-order valence-electron chi connectivity index (χ3n) is 3.34. The van der Waals surface area contributed by atoms with Gasteiger partial charge in [-0.15, -0.1) is 0 Å². The number of nitrogens with zero attached hydrogens (tertiary/aromatic N) is 3. The van der Waals surface area contributed by atoms with Crippen LogP contribution < -0.4 is 0 Å². The summed E-state index contributed by atoms with van der Waals surface area (Å²) in [5.74, 6) is 2.27. The lowest BCUT2D eigenvalue weighted by atomic mass is 9.88. The average Bonchev–Trinajstić information content (AvgIpc) is 2.66. The average molecular weight is 253 g/mol. The van der Waals surface area contributed by atoms with Gasteiger partial charge in [-0.3, -0.25) is 4.68 Å². The predicted octanol–water partition coefficient (Wildman–Crippen LogP) is 2.02. The lowest BCUT2D eigenvalue weighted by Gasteiger charge is -2.34. The highest BCUT2D eigenvalue weighted by molar-refractivity contribution is 5.03. The molecule has 0 saturated carbocycles. The fourth-order valence-corrected chi connectivity index (χ4v) is 2.51. The van der Waals surface area contributed by atoms with Crippen molar-refractivity contribution in [2.24, 2.45) is 7.05 Å². The minimum Gasteiger partial charge on any atom is -0.376 e. The van der Waals surface area contributed by atoms with E-state index in [1.807, 2.05) is 18.7 Å². The Morgan fingerprint density at radius 1 is 1.50 bits per heavy atom. The fourth-order valence-electron chi connectivity index (χ4n) is 2.51. The third kappa shape index (κ3) is 3.09. The van der Waals surface area contributed by atoms with Crippen LogP contribution >= 0.6 is 0 Å². The summed E-state index contributed by atoms with van der Waals surface area (Å²) in [6.07, 6.45) is 2.01. The van der Waals surface area contributed by atoms with Crippen molar-refractivity contribution in [3.05, 3.63) is 11.6 Å². The summed E-state index contributed by atoms with van der Waals surface area (Å²) in [5, 5.41) is 4.41. The molecule has 1 aliphatic rings. The first kappa shape index (κ1) is 13.5. The molecule has 0 bridgehead atoms. The number of aromatic nitrogens is 3. The Morgan fingerprint density at radius 2 is 2.28 bits per heavy atom. The van der Waals surface area contributed by atoms with Gasteiger partial charge >= 0.3 is 0 Å². The first-order valence-electron chi connectivity index (χ1n) is 6.63. The summed E-state index contributed by atoms with van der Waals surface area (Å²) in [6, 6.07) is 0. The van der Waals surface area contributed by atoms with E-state index in [4.69, 9.17) is 9.47 Å². The molecule has 0 N–H and O–H groups in total. The van der Waals surface area contributed by atoms with Crippen molar-refractivity contribution in [1.29, 1.82) is 0 Å². The molecule has 0 radical (unpaired) electrons. The van der Waals surface area contributed by atoms with Crippen LogP contribution in [-0.4, -0.2) is 33.6 Å². The molecule has 5 heteroatoms. The van der Waals surface area contributed by atoms with Gasteiger partial charge in [0.15, 0.2) is 5.82 Å². The zero-order valence-corrected chi connectivity index (χ0v) is 11.8. The van der Waals surface area contributed by atoms with Crippen LogP contribution in [0.1, 0.15) is 51.2 Å². The fraction of sp³-hybridized carbons (Fsp3) is 0.846. The van der Waals surface area contributed by atoms with Crippen molar-refractivity contribution in [3.8, 4) is 0 Å². The summed E-state index contributed by atoms with van der Waals surface area (Å²) in [6.45, 7) is 8.23. The summed E-state index contributed by atoms with van der Waals surface area (Å²) in [4.78, 5) is 4.61. The Bertz CT molecular complexity index is 401. The van der Waals surface area contributed by atoms with Gasteiger partial charge in [0.05, 0.1) is 5.60 Å². The van der Waals surface area contributed by atoms with Crippen LogP contribution in [0.15, 0.2) is 0 Å². The largest absolute Gasteiger partial charge is 0.376 e. The van der Waals surface area contributed by atoms with E-state index in [1.165, 1.54) is 0 Å². The van der Waals surface area contributed by atoms with Crippen LogP contribution in [-0.2, 0) is 23.1 Å². The first-order valence-corrected chi connectivity index (χ1v) is 6.63. The highest BCUT2D eigenvalue weighted by Gasteiger charge is 2.32. The van der Waals surface area contributed by atoms with Gasteiger partial charge in [0.2, 0.25) is 0 Å². The second kappa shape index (κ2) is 5.36. The molecule has 18 heavy (non-hydrogen) atoms. The van der Waals surface area contributed by atoms with E-state index in [9.17, 15) is 0 Å². The number of hydrogen-bond donors (Lipinski definition) is 0. The Labute approximate surface area is 108 Å². The maximum absolute atomic E-state index is 5.75. The van der Waals surface area contributed by atoms with E-state index in [0.717, 1.165) is 31.1 Å². The van der Waals surface area contributed by atoms with E-state index in [-0.39, 0.29) is 5.60 Å². The molecular weight excluding hydrogens is 230 g/mol. The lowest BCUT2D eigenvalue weighted by molar-refractivity contribution is -0.0606. The van der Waals surface area contributed by atoms with Crippen LogP contribution in [0.2, 0.25) is 0 Å². The quantitative estimate of drug-likeness (QED) is 0.823. The van der Waals surface area contributed by atoms with Crippen LogP contribution in [0, 0.1) is 0 Å². The Hall–Kier alpha value is -0.940. The van der Waals surface area contributed by atoms with Crippen LogP contribution in [0.4, 0.5) is 0 Å². The molecule has 2 rings (SSSR count). The standard InChI is InChI=1S/C13H23N3O2/c1-5-17-9-11-14-12(16(4)15-11)10-6-7-18-13(2,3)8-10/h10H,5-9H2,1-4H3/t10-/m1/s1. The van der Waals surface area contributed by atoms with Crippen molar-refractivity contribution >= 4 is 0 Å². The highest BCUT2D eigenvalue weighted by atomic mass is 16.5. The van der Waals surface area contributed by atoms with E-state index < -0.39 is 0 Å². The van der Waals surface area contributed by atoms with Gasteiger partial charge in [-0.05, 0) is 33.6 Å². The number of rotatable bonds is 4. The van der Waals surface area contributed by atoms with E-state index in [0.29, 0.717) is 19.1 Å². The monoisotopic (exact) mass is 253 g/mol. The SMILES string of the molecule is CCOCc1nc([C@@H]2CCOC(C)(C)C2)n(C)n1. The molecule has 1 atom stereocenters. The molecule has 0 aromatic carbocycles. The molecule has 0 spiro atoms. The van der Waals surface area contributed by atoms with Crippen LogP contribution in [0.3, 0.4) is 0 Å². The van der Waals surface area contributed by atoms with Gasteiger partial charge in [0, 0.05) is 26.2 Å². The number of hydrogen-bond acceptors (Lipinski definition) is 4.